The van der Waals surface area contributed by atoms with Gasteiger partial charge in [-0.15, -0.1) is 24.8 Å². The van der Waals surface area contributed by atoms with E-state index in [1.807, 2.05) is 0 Å². The molecule has 2 heterocycles. The summed E-state index contributed by atoms with van der Waals surface area (Å²) >= 11 is 0. The molecule has 2 N–H and O–H groups in total. The quantitative estimate of drug-likeness (QED) is 0.815. The largest absolute Gasteiger partial charge is 0.352 e. The van der Waals surface area contributed by atoms with Crippen LogP contribution in [0, 0.1) is 11.8 Å². The van der Waals surface area contributed by atoms with E-state index in [4.69, 9.17) is 0 Å². The second-order valence-corrected chi connectivity index (χ2v) is 6.87. The molecule has 6 heteroatoms. The predicted octanol–water partition coefficient (Wildman–Crippen LogP) is 2.45. The Bertz CT molecular complexity index is 323. The summed E-state index contributed by atoms with van der Waals surface area (Å²) in [6, 6.07) is 0.396. The van der Waals surface area contributed by atoms with Crippen LogP contribution in [-0.2, 0) is 4.79 Å². The molecule has 0 aromatic rings. The van der Waals surface area contributed by atoms with Crippen LogP contribution < -0.4 is 10.6 Å². The molecule has 0 aromatic heterocycles. The Balaban J connectivity index is 0.00000220. The van der Waals surface area contributed by atoms with Crippen molar-refractivity contribution in [3.63, 3.8) is 0 Å². The van der Waals surface area contributed by atoms with Crippen molar-refractivity contribution in [2.45, 2.75) is 58.5 Å². The second kappa shape index (κ2) is 10.7. The Morgan fingerprint density at radius 3 is 2.36 bits per heavy atom. The van der Waals surface area contributed by atoms with E-state index in [1.54, 1.807) is 0 Å². The van der Waals surface area contributed by atoms with Crippen LogP contribution in [0.15, 0.2) is 0 Å². The SMILES string of the molecule is CC(C)C(C(=O)NC1CCNCC1C)N1CCCCC1.Cl.Cl. The van der Waals surface area contributed by atoms with Crippen molar-refractivity contribution in [2.75, 3.05) is 26.2 Å². The Kier molecular flexibility index (Phi) is 10.7. The number of rotatable bonds is 4. The summed E-state index contributed by atoms with van der Waals surface area (Å²) in [5, 5.41) is 6.72. The van der Waals surface area contributed by atoms with E-state index in [-0.39, 0.29) is 36.8 Å². The molecule has 0 saturated carbocycles. The summed E-state index contributed by atoms with van der Waals surface area (Å²) in [5.74, 6) is 1.16. The first kappa shape index (κ1) is 22.0. The van der Waals surface area contributed by atoms with Crippen molar-refractivity contribution < 1.29 is 4.79 Å². The Morgan fingerprint density at radius 1 is 1.18 bits per heavy atom. The van der Waals surface area contributed by atoms with E-state index in [2.05, 4.69) is 36.3 Å². The van der Waals surface area contributed by atoms with Crippen molar-refractivity contribution in [2.24, 2.45) is 11.8 Å². The number of carbonyl (C=O) groups excluding carboxylic acids is 1. The fourth-order valence-electron chi connectivity index (χ4n) is 3.58. The van der Waals surface area contributed by atoms with Crippen LogP contribution in [0.4, 0.5) is 0 Å². The fraction of sp³-hybridized carbons (Fsp3) is 0.938. The van der Waals surface area contributed by atoms with Crippen molar-refractivity contribution >= 4 is 30.7 Å². The molecule has 3 atom stereocenters. The summed E-state index contributed by atoms with van der Waals surface area (Å²) in [4.78, 5) is 15.1. The summed E-state index contributed by atoms with van der Waals surface area (Å²) in [5.41, 5.74) is 0. The van der Waals surface area contributed by atoms with Gasteiger partial charge in [0.1, 0.15) is 0 Å². The van der Waals surface area contributed by atoms with Gasteiger partial charge in [-0.2, -0.15) is 0 Å². The number of hydrogen-bond donors (Lipinski definition) is 2. The highest BCUT2D eigenvalue weighted by Crippen LogP contribution is 2.19. The molecule has 2 saturated heterocycles. The summed E-state index contributed by atoms with van der Waals surface area (Å²) < 4.78 is 0. The maximum atomic E-state index is 12.7. The first-order valence-electron chi connectivity index (χ1n) is 8.34. The molecular formula is C16H33Cl2N3O. The molecule has 2 aliphatic heterocycles. The number of amides is 1. The lowest BCUT2D eigenvalue weighted by Gasteiger charge is -2.38. The van der Waals surface area contributed by atoms with Crippen molar-refractivity contribution in [1.82, 2.24) is 15.5 Å². The number of halogens is 2. The minimum atomic E-state index is 0. The van der Waals surface area contributed by atoms with Gasteiger partial charge in [0, 0.05) is 6.04 Å². The maximum Gasteiger partial charge on any atom is 0.237 e. The Hall–Kier alpha value is -0.0300. The fourth-order valence-corrected chi connectivity index (χ4v) is 3.58. The monoisotopic (exact) mass is 353 g/mol. The zero-order valence-corrected chi connectivity index (χ0v) is 15.8. The van der Waals surface area contributed by atoms with Crippen LogP contribution in [-0.4, -0.2) is 49.1 Å². The minimum absolute atomic E-state index is 0. The van der Waals surface area contributed by atoms with Gasteiger partial charge in [-0.05, 0) is 57.3 Å². The van der Waals surface area contributed by atoms with Crippen LogP contribution >= 0.6 is 24.8 Å². The van der Waals surface area contributed by atoms with Gasteiger partial charge in [0.05, 0.1) is 6.04 Å². The molecule has 0 aromatic carbocycles. The van der Waals surface area contributed by atoms with E-state index in [0.717, 1.165) is 32.6 Å². The third-order valence-corrected chi connectivity index (χ3v) is 4.80. The Morgan fingerprint density at radius 2 is 1.82 bits per heavy atom. The average Bonchev–Trinajstić information content (AvgIpc) is 2.42. The summed E-state index contributed by atoms with van der Waals surface area (Å²) in [6.45, 7) is 10.8. The lowest BCUT2D eigenvalue weighted by atomic mass is 9.93. The molecule has 2 aliphatic rings. The molecule has 0 spiro atoms. The topological polar surface area (TPSA) is 44.4 Å². The molecule has 0 radical (unpaired) electrons. The smallest absolute Gasteiger partial charge is 0.237 e. The molecule has 22 heavy (non-hydrogen) atoms. The number of carbonyl (C=O) groups is 1. The average molecular weight is 354 g/mol. The van der Waals surface area contributed by atoms with Crippen molar-refractivity contribution in [3.05, 3.63) is 0 Å². The zero-order chi connectivity index (χ0) is 14.5. The van der Waals surface area contributed by atoms with Crippen LogP contribution in [0.25, 0.3) is 0 Å². The van der Waals surface area contributed by atoms with Crippen LogP contribution in [0.2, 0.25) is 0 Å². The first-order valence-corrected chi connectivity index (χ1v) is 8.34. The number of nitrogens with zero attached hydrogens (tertiary/aromatic N) is 1. The number of likely N-dealkylation sites (tertiary alicyclic amines) is 1. The molecule has 0 aliphatic carbocycles. The van der Waals surface area contributed by atoms with Gasteiger partial charge in [-0.3, -0.25) is 9.69 Å². The van der Waals surface area contributed by atoms with E-state index >= 15 is 0 Å². The van der Waals surface area contributed by atoms with Crippen LogP contribution in [0.5, 0.6) is 0 Å². The minimum Gasteiger partial charge on any atom is -0.352 e. The van der Waals surface area contributed by atoms with Gasteiger partial charge in [0.2, 0.25) is 5.91 Å². The van der Waals surface area contributed by atoms with E-state index in [9.17, 15) is 4.79 Å². The van der Waals surface area contributed by atoms with Gasteiger partial charge in [0.15, 0.2) is 0 Å². The Labute approximate surface area is 148 Å². The van der Waals surface area contributed by atoms with Gasteiger partial charge in [0.25, 0.3) is 0 Å². The van der Waals surface area contributed by atoms with Gasteiger partial charge < -0.3 is 10.6 Å². The zero-order valence-electron chi connectivity index (χ0n) is 14.1. The molecule has 0 bridgehead atoms. The molecule has 4 nitrogen and oxygen atoms in total. The van der Waals surface area contributed by atoms with E-state index in [1.165, 1.54) is 19.3 Å². The number of nitrogens with one attached hydrogen (secondary N) is 2. The van der Waals surface area contributed by atoms with E-state index in [0.29, 0.717) is 17.9 Å². The molecular weight excluding hydrogens is 321 g/mol. The van der Waals surface area contributed by atoms with Crippen LogP contribution in [0.3, 0.4) is 0 Å². The highest BCUT2D eigenvalue weighted by atomic mass is 35.5. The molecule has 2 fully saturated rings. The lowest BCUT2D eigenvalue weighted by molar-refractivity contribution is -0.129. The third-order valence-electron chi connectivity index (χ3n) is 4.80. The van der Waals surface area contributed by atoms with Crippen molar-refractivity contribution in [3.8, 4) is 0 Å². The molecule has 1 amide bonds. The third kappa shape index (κ3) is 5.88. The highest BCUT2D eigenvalue weighted by molar-refractivity contribution is 5.85. The maximum absolute atomic E-state index is 12.7. The first-order chi connectivity index (χ1) is 9.59. The standard InChI is InChI=1S/C16H31N3O.2ClH/c1-12(2)15(19-9-5-4-6-10-19)16(20)18-14-7-8-17-11-13(14)3;;/h12-15,17H,4-11H2,1-3H3,(H,18,20);2*1H. The highest BCUT2D eigenvalue weighted by Gasteiger charge is 2.32. The molecule has 2 rings (SSSR count). The van der Waals surface area contributed by atoms with Gasteiger partial charge >= 0.3 is 0 Å². The van der Waals surface area contributed by atoms with E-state index < -0.39 is 0 Å². The predicted molar refractivity (Wildman–Crippen MR) is 97.1 cm³/mol. The normalized spacial score (nSPS) is 27.5. The number of hydrogen-bond acceptors (Lipinski definition) is 3. The van der Waals surface area contributed by atoms with Gasteiger partial charge in [-0.1, -0.05) is 27.2 Å². The van der Waals surface area contributed by atoms with Crippen molar-refractivity contribution in [1.29, 1.82) is 0 Å². The number of piperidine rings is 2. The summed E-state index contributed by atoms with van der Waals surface area (Å²) in [6.07, 6.45) is 4.84. The molecule has 3 unspecified atom stereocenters. The molecule has 132 valence electrons. The second-order valence-electron chi connectivity index (χ2n) is 6.87. The lowest BCUT2D eigenvalue weighted by Crippen LogP contribution is -2.56. The summed E-state index contributed by atoms with van der Waals surface area (Å²) in [7, 11) is 0. The van der Waals surface area contributed by atoms with Gasteiger partial charge in [-0.25, -0.2) is 0 Å². The van der Waals surface area contributed by atoms with Crippen LogP contribution in [0.1, 0.15) is 46.5 Å².